The van der Waals surface area contributed by atoms with Crippen LogP contribution in [-0.4, -0.2) is 18.4 Å². The summed E-state index contributed by atoms with van der Waals surface area (Å²) in [7, 11) is -3.10. The first-order valence-electron chi connectivity index (χ1n) is 4.34. The lowest BCUT2D eigenvalue weighted by Gasteiger charge is -2.07. The van der Waals surface area contributed by atoms with Gasteiger partial charge in [0.25, 0.3) is 0 Å². The van der Waals surface area contributed by atoms with Gasteiger partial charge in [-0.15, -0.1) is 0 Å². The number of rotatable bonds is 3. The molecule has 4 nitrogen and oxygen atoms in total. The summed E-state index contributed by atoms with van der Waals surface area (Å²) in [6.07, 6.45) is 0. The molecule has 17 heavy (non-hydrogen) atoms. The number of nitrogens with zero attached hydrogens (tertiary/aromatic N) is 1. The highest BCUT2D eigenvalue weighted by atomic mass is 35.7. The summed E-state index contributed by atoms with van der Waals surface area (Å²) in [5.41, 5.74) is 0. The second kappa shape index (κ2) is 4.87. The van der Waals surface area contributed by atoms with Crippen LogP contribution in [0.3, 0.4) is 0 Å². The third-order valence-corrected chi connectivity index (χ3v) is 5.82. The molecule has 0 bridgehead atoms. The highest BCUT2D eigenvalue weighted by Gasteiger charge is 2.19. The zero-order valence-electron chi connectivity index (χ0n) is 8.56. The Balaban J connectivity index is 3.58. The number of hydrogen-bond acceptors (Lipinski definition) is 3. The molecule has 1 atom stereocenters. The third-order valence-electron chi connectivity index (χ3n) is 1.84. The monoisotopic (exact) mass is 303 g/mol. The van der Waals surface area contributed by atoms with Crippen LogP contribution in [0.2, 0.25) is 0 Å². The summed E-state index contributed by atoms with van der Waals surface area (Å²) in [6.45, 7) is 1.36. The fourth-order valence-electron chi connectivity index (χ4n) is 1.13. The predicted molar refractivity (Wildman–Crippen MR) is 60.5 cm³/mol. The molecule has 0 amide bonds. The zero-order chi connectivity index (χ0) is 13.3. The van der Waals surface area contributed by atoms with Gasteiger partial charge < -0.3 is 0 Å². The number of halogens is 3. The second-order valence-electron chi connectivity index (χ2n) is 2.99. The van der Waals surface area contributed by atoms with Gasteiger partial charge in [0.1, 0.15) is 11.6 Å². The van der Waals surface area contributed by atoms with Crippen molar-refractivity contribution in [3.63, 3.8) is 0 Å². The topological polar surface area (TPSA) is 63.6 Å². The molecule has 0 saturated carbocycles. The number of hydrogen-bond donors (Lipinski definition) is 0. The maximum atomic E-state index is 13.4. The maximum absolute atomic E-state index is 13.4. The summed E-state index contributed by atoms with van der Waals surface area (Å²) >= 11 is 0. The van der Waals surface area contributed by atoms with Gasteiger partial charge in [-0.1, -0.05) is 10.7 Å². The second-order valence-corrected chi connectivity index (χ2v) is 7.88. The molecule has 0 aliphatic carbocycles. The van der Waals surface area contributed by atoms with Crippen molar-refractivity contribution >= 4 is 29.6 Å². The van der Waals surface area contributed by atoms with Crippen LogP contribution in [-0.2, 0) is 19.0 Å². The Labute approximate surface area is 102 Å². The van der Waals surface area contributed by atoms with Gasteiger partial charge in [0.05, 0.1) is 14.6 Å². The van der Waals surface area contributed by atoms with Gasteiger partial charge in [-0.05, 0) is 12.1 Å². The zero-order valence-corrected chi connectivity index (χ0v) is 11.0. The first kappa shape index (κ1) is 14.3. The van der Waals surface area contributed by atoms with E-state index in [1.807, 2.05) is 0 Å². The lowest BCUT2D eigenvalue weighted by Crippen LogP contribution is -2.08. The standard InChI is InChI=1S/C8H8ClF2NO3S2/c1-2-16(13,12-17(9,14)15)8-4-3-6(10)5-7(8)11/h3-5H,2H2,1H3/t16-/m0/s1. The van der Waals surface area contributed by atoms with Gasteiger partial charge in [-0.25, -0.2) is 13.0 Å². The van der Waals surface area contributed by atoms with Crippen LogP contribution < -0.4 is 0 Å². The van der Waals surface area contributed by atoms with E-state index in [4.69, 9.17) is 10.7 Å². The lowest BCUT2D eigenvalue weighted by atomic mass is 10.3. The first-order valence-corrected chi connectivity index (χ1v) is 8.29. The Kier molecular flexibility index (Phi) is 4.11. The fraction of sp³-hybridized carbons (Fsp3) is 0.250. The molecule has 0 heterocycles. The summed E-state index contributed by atoms with van der Waals surface area (Å²) in [6, 6.07) is 2.26. The van der Waals surface area contributed by atoms with Gasteiger partial charge in [-0.2, -0.15) is 8.42 Å². The maximum Gasteiger partial charge on any atom is 0.347 e. The Morgan fingerprint density at radius 1 is 1.29 bits per heavy atom. The van der Waals surface area contributed by atoms with Crippen molar-refractivity contribution in [3.8, 4) is 0 Å². The van der Waals surface area contributed by atoms with Crippen LogP contribution in [0.25, 0.3) is 0 Å². The van der Waals surface area contributed by atoms with Gasteiger partial charge in [0, 0.05) is 22.5 Å². The van der Waals surface area contributed by atoms with E-state index < -0.39 is 35.5 Å². The van der Waals surface area contributed by atoms with E-state index in [1.165, 1.54) is 6.92 Å². The molecule has 0 aliphatic heterocycles. The van der Waals surface area contributed by atoms with Crippen LogP contribution in [0.5, 0.6) is 0 Å². The first-order chi connectivity index (χ1) is 7.68. The Hall–Kier alpha value is -0.730. The molecule has 1 aromatic rings. The smallest absolute Gasteiger partial charge is 0.244 e. The molecular formula is C8H8ClF2NO3S2. The summed E-state index contributed by atoms with van der Waals surface area (Å²) in [5, 5.41) is 0. The molecule has 96 valence electrons. The van der Waals surface area contributed by atoms with Crippen LogP contribution in [0, 0.1) is 11.6 Å². The summed E-state index contributed by atoms with van der Waals surface area (Å²) < 4.78 is 62.7. The van der Waals surface area contributed by atoms with Crippen molar-refractivity contribution in [1.29, 1.82) is 0 Å². The van der Waals surface area contributed by atoms with Crippen molar-refractivity contribution in [3.05, 3.63) is 29.8 Å². The van der Waals surface area contributed by atoms with Gasteiger partial charge in [0.15, 0.2) is 0 Å². The van der Waals surface area contributed by atoms with E-state index in [-0.39, 0.29) is 5.75 Å². The molecule has 0 spiro atoms. The molecule has 0 saturated heterocycles. The highest BCUT2D eigenvalue weighted by molar-refractivity contribution is 8.17. The van der Waals surface area contributed by atoms with Crippen molar-refractivity contribution in [2.45, 2.75) is 11.8 Å². The predicted octanol–water partition coefficient (Wildman–Crippen LogP) is 2.30. The summed E-state index contributed by atoms with van der Waals surface area (Å²) in [5.74, 6) is -2.25. The molecule has 0 aromatic heterocycles. The van der Waals surface area contributed by atoms with E-state index >= 15 is 0 Å². The fourth-order valence-corrected chi connectivity index (χ4v) is 4.79. The SMILES string of the molecule is CC[S@@](=O)(=NS(=O)(=O)Cl)c1ccc(F)cc1F. The molecule has 0 aliphatic rings. The summed E-state index contributed by atoms with van der Waals surface area (Å²) in [4.78, 5) is -0.481. The van der Waals surface area contributed by atoms with Crippen molar-refractivity contribution in [2.24, 2.45) is 3.77 Å². The van der Waals surface area contributed by atoms with Crippen molar-refractivity contribution in [2.75, 3.05) is 5.75 Å². The molecule has 0 N–H and O–H groups in total. The van der Waals surface area contributed by atoms with Gasteiger partial charge >= 0.3 is 9.24 Å². The van der Waals surface area contributed by atoms with E-state index in [0.717, 1.165) is 12.1 Å². The minimum absolute atomic E-state index is 0.262. The normalized spacial score (nSPS) is 15.3. The highest BCUT2D eigenvalue weighted by Crippen LogP contribution is 2.21. The Morgan fingerprint density at radius 2 is 1.88 bits per heavy atom. The molecule has 0 radical (unpaired) electrons. The molecule has 0 unspecified atom stereocenters. The average Bonchev–Trinajstić information content (AvgIpc) is 2.14. The quantitative estimate of drug-likeness (QED) is 0.805. The van der Waals surface area contributed by atoms with E-state index in [9.17, 15) is 21.4 Å². The molecule has 9 heteroatoms. The lowest BCUT2D eigenvalue weighted by molar-refractivity contribution is 0.561. The number of benzene rings is 1. The van der Waals surface area contributed by atoms with E-state index in [1.54, 1.807) is 0 Å². The minimum atomic E-state index is -4.41. The minimum Gasteiger partial charge on any atom is -0.244 e. The van der Waals surface area contributed by atoms with Gasteiger partial charge in [0.2, 0.25) is 0 Å². The Bertz CT molecular complexity index is 651. The van der Waals surface area contributed by atoms with Gasteiger partial charge in [-0.3, -0.25) is 0 Å². The molecule has 1 rings (SSSR count). The molecule has 0 fully saturated rings. The molecule has 1 aromatic carbocycles. The van der Waals surface area contributed by atoms with E-state index in [2.05, 4.69) is 3.77 Å². The van der Waals surface area contributed by atoms with Crippen LogP contribution in [0.4, 0.5) is 8.78 Å². The van der Waals surface area contributed by atoms with Crippen LogP contribution in [0.1, 0.15) is 6.92 Å². The Morgan fingerprint density at radius 3 is 2.29 bits per heavy atom. The van der Waals surface area contributed by atoms with E-state index in [0.29, 0.717) is 6.07 Å². The van der Waals surface area contributed by atoms with Crippen LogP contribution >= 0.6 is 10.7 Å². The van der Waals surface area contributed by atoms with Crippen molar-refractivity contribution in [1.82, 2.24) is 0 Å². The largest absolute Gasteiger partial charge is 0.347 e. The molecular weight excluding hydrogens is 296 g/mol. The third kappa shape index (κ3) is 3.62. The van der Waals surface area contributed by atoms with Crippen LogP contribution in [0.15, 0.2) is 26.9 Å². The van der Waals surface area contributed by atoms with Crippen molar-refractivity contribution < 1.29 is 21.4 Å². The average molecular weight is 304 g/mol.